The van der Waals surface area contributed by atoms with Gasteiger partial charge in [-0.05, 0) is 34.1 Å². The quantitative estimate of drug-likeness (QED) is 0.685. The summed E-state index contributed by atoms with van der Waals surface area (Å²) in [6, 6.07) is 0. The molecule has 0 spiro atoms. The van der Waals surface area contributed by atoms with Crippen molar-refractivity contribution in [3.63, 3.8) is 0 Å². The van der Waals surface area contributed by atoms with Gasteiger partial charge in [-0.2, -0.15) is 0 Å². The molecule has 0 aromatic carbocycles. The van der Waals surface area contributed by atoms with Crippen LogP contribution in [-0.2, 0) is 18.9 Å². The molecule has 18 heavy (non-hydrogen) atoms. The molecule has 6 nitrogen and oxygen atoms in total. The van der Waals surface area contributed by atoms with Crippen LogP contribution in [0.3, 0.4) is 0 Å². The highest BCUT2D eigenvalue weighted by molar-refractivity contribution is 5.61. The molecule has 0 radical (unpaired) electrons. The van der Waals surface area contributed by atoms with Gasteiger partial charge in [-0.1, -0.05) is 6.92 Å². The molecule has 0 N–H and O–H groups in total. The fourth-order valence-electron chi connectivity index (χ4n) is 0.935. The largest absolute Gasteiger partial charge is 0.508 e. The number of carbonyl (C=O) groups excluding carboxylic acids is 2. The van der Waals surface area contributed by atoms with Crippen LogP contribution in [0.15, 0.2) is 0 Å². The van der Waals surface area contributed by atoms with E-state index in [0.29, 0.717) is 6.61 Å². The zero-order valence-electron chi connectivity index (χ0n) is 11.6. The van der Waals surface area contributed by atoms with Gasteiger partial charge < -0.3 is 18.9 Å². The molecule has 0 aromatic heterocycles. The first-order valence-corrected chi connectivity index (χ1v) is 6.07. The Labute approximate surface area is 108 Å². The second kappa shape index (κ2) is 8.60. The summed E-state index contributed by atoms with van der Waals surface area (Å²) in [6.45, 7) is 8.84. The van der Waals surface area contributed by atoms with Crippen molar-refractivity contribution < 1.29 is 28.5 Å². The van der Waals surface area contributed by atoms with Crippen molar-refractivity contribution in [1.82, 2.24) is 0 Å². The van der Waals surface area contributed by atoms with E-state index in [0.717, 1.165) is 6.42 Å². The topological polar surface area (TPSA) is 71.1 Å². The predicted octanol–water partition coefficient (Wildman–Crippen LogP) is 2.89. The number of carbonyl (C=O) groups is 2. The summed E-state index contributed by atoms with van der Waals surface area (Å²) in [5.74, 6) is 0. The Hall–Kier alpha value is -1.46. The SMILES string of the molecule is CCCOC(=O)OC(C)C(C)OC(=O)OC(C)C. The second-order valence-electron chi connectivity index (χ2n) is 4.16. The van der Waals surface area contributed by atoms with Crippen LogP contribution in [0, 0.1) is 0 Å². The van der Waals surface area contributed by atoms with E-state index in [4.69, 9.17) is 18.9 Å². The Morgan fingerprint density at radius 1 is 0.889 bits per heavy atom. The lowest BCUT2D eigenvalue weighted by Gasteiger charge is -2.20. The first-order chi connectivity index (χ1) is 8.36. The van der Waals surface area contributed by atoms with Crippen LogP contribution in [0.5, 0.6) is 0 Å². The minimum atomic E-state index is -0.783. The first kappa shape index (κ1) is 16.5. The Kier molecular flexibility index (Phi) is 7.91. The molecule has 0 aliphatic heterocycles. The highest BCUT2D eigenvalue weighted by atomic mass is 16.8. The number of ether oxygens (including phenoxy) is 4. The smallest absolute Gasteiger partial charge is 0.434 e. The van der Waals surface area contributed by atoms with E-state index in [2.05, 4.69) is 0 Å². The molecule has 6 heteroatoms. The van der Waals surface area contributed by atoms with Crippen LogP contribution in [0.25, 0.3) is 0 Å². The molecule has 0 aromatic rings. The van der Waals surface area contributed by atoms with Crippen LogP contribution in [-0.4, -0.2) is 37.2 Å². The molecule has 0 amide bonds. The van der Waals surface area contributed by atoms with Gasteiger partial charge in [-0.15, -0.1) is 0 Å². The highest BCUT2D eigenvalue weighted by Crippen LogP contribution is 2.07. The number of hydrogen-bond donors (Lipinski definition) is 0. The summed E-state index contributed by atoms with van der Waals surface area (Å²) < 4.78 is 19.4. The summed E-state index contributed by atoms with van der Waals surface area (Å²) in [5, 5.41) is 0. The minimum absolute atomic E-state index is 0.254. The van der Waals surface area contributed by atoms with Crippen molar-refractivity contribution in [3.8, 4) is 0 Å². The van der Waals surface area contributed by atoms with E-state index < -0.39 is 24.5 Å². The van der Waals surface area contributed by atoms with Crippen molar-refractivity contribution in [1.29, 1.82) is 0 Å². The van der Waals surface area contributed by atoms with E-state index in [9.17, 15) is 9.59 Å². The standard InChI is InChI=1S/C12H22O6/c1-6-7-15-11(13)17-9(4)10(5)18-12(14)16-8(2)3/h8-10H,6-7H2,1-5H3. The van der Waals surface area contributed by atoms with Crippen molar-refractivity contribution in [2.24, 2.45) is 0 Å². The third kappa shape index (κ3) is 7.76. The Morgan fingerprint density at radius 2 is 1.39 bits per heavy atom. The van der Waals surface area contributed by atoms with Crippen molar-refractivity contribution in [2.45, 2.75) is 59.4 Å². The van der Waals surface area contributed by atoms with Crippen LogP contribution in [0.4, 0.5) is 9.59 Å². The van der Waals surface area contributed by atoms with E-state index in [1.165, 1.54) is 0 Å². The lowest BCUT2D eigenvalue weighted by atomic mass is 10.2. The molecule has 106 valence electrons. The summed E-state index contributed by atoms with van der Waals surface area (Å²) in [6.07, 6.45) is -2.29. The molecule has 2 atom stereocenters. The molecule has 0 fully saturated rings. The van der Waals surface area contributed by atoms with Gasteiger partial charge in [0, 0.05) is 0 Å². The molecule has 0 heterocycles. The summed E-state index contributed by atoms with van der Waals surface area (Å²) in [7, 11) is 0. The molecule has 0 saturated heterocycles. The highest BCUT2D eigenvalue weighted by Gasteiger charge is 2.22. The fourth-order valence-corrected chi connectivity index (χ4v) is 0.935. The zero-order valence-corrected chi connectivity index (χ0v) is 11.6. The van der Waals surface area contributed by atoms with Crippen LogP contribution in [0.1, 0.15) is 41.0 Å². The molecule has 0 aliphatic carbocycles. The molecular formula is C12H22O6. The minimum Gasteiger partial charge on any atom is -0.434 e. The number of hydrogen-bond acceptors (Lipinski definition) is 6. The van der Waals surface area contributed by atoms with Gasteiger partial charge in [-0.25, -0.2) is 9.59 Å². The maximum atomic E-state index is 11.2. The van der Waals surface area contributed by atoms with Crippen molar-refractivity contribution in [2.75, 3.05) is 6.61 Å². The summed E-state index contributed by atoms with van der Waals surface area (Å²) >= 11 is 0. The van der Waals surface area contributed by atoms with Gasteiger partial charge in [0.25, 0.3) is 0 Å². The summed E-state index contributed by atoms with van der Waals surface area (Å²) in [4.78, 5) is 22.4. The zero-order chi connectivity index (χ0) is 14.1. The van der Waals surface area contributed by atoms with Crippen molar-refractivity contribution in [3.05, 3.63) is 0 Å². The predicted molar refractivity (Wildman–Crippen MR) is 64.4 cm³/mol. The molecule has 0 rings (SSSR count). The van der Waals surface area contributed by atoms with Gasteiger partial charge in [0.15, 0.2) is 0 Å². The van der Waals surface area contributed by atoms with Gasteiger partial charge >= 0.3 is 12.3 Å². The summed E-state index contributed by atoms with van der Waals surface area (Å²) in [5.41, 5.74) is 0. The van der Waals surface area contributed by atoms with Gasteiger partial charge in [-0.3, -0.25) is 0 Å². The normalized spacial score (nSPS) is 13.7. The van der Waals surface area contributed by atoms with Crippen LogP contribution >= 0.6 is 0 Å². The Balaban J connectivity index is 3.98. The third-order valence-corrected chi connectivity index (χ3v) is 1.98. The van der Waals surface area contributed by atoms with Crippen LogP contribution in [0.2, 0.25) is 0 Å². The maximum absolute atomic E-state index is 11.2. The van der Waals surface area contributed by atoms with Gasteiger partial charge in [0.05, 0.1) is 12.7 Å². The van der Waals surface area contributed by atoms with E-state index in [1.807, 2.05) is 6.92 Å². The fraction of sp³-hybridized carbons (Fsp3) is 0.833. The molecule has 0 saturated carbocycles. The first-order valence-electron chi connectivity index (χ1n) is 6.07. The molecule has 0 bridgehead atoms. The lowest BCUT2D eigenvalue weighted by molar-refractivity contribution is -0.0486. The average Bonchev–Trinajstić information content (AvgIpc) is 2.24. The van der Waals surface area contributed by atoms with E-state index in [1.54, 1.807) is 27.7 Å². The van der Waals surface area contributed by atoms with Gasteiger partial charge in [0.2, 0.25) is 0 Å². The third-order valence-electron chi connectivity index (χ3n) is 1.98. The molecule has 2 unspecified atom stereocenters. The number of rotatable bonds is 6. The Bertz CT molecular complexity index is 263. The second-order valence-corrected chi connectivity index (χ2v) is 4.16. The maximum Gasteiger partial charge on any atom is 0.508 e. The monoisotopic (exact) mass is 262 g/mol. The van der Waals surface area contributed by atoms with Gasteiger partial charge in [0.1, 0.15) is 12.2 Å². The van der Waals surface area contributed by atoms with Crippen LogP contribution < -0.4 is 0 Å². The molecular weight excluding hydrogens is 240 g/mol. The molecule has 0 aliphatic rings. The lowest BCUT2D eigenvalue weighted by Crippen LogP contribution is -2.31. The Morgan fingerprint density at radius 3 is 1.83 bits per heavy atom. The average molecular weight is 262 g/mol. The van der Waals surface area contributed by atoms with E-state index >= 15 is 0 Å². The van der Waals surface area contributed by atoms with E-state index in [-0.39, 0.29) is 6.10 Å². The van der Waals surface area contributed by atoms with Crippen molar-refractivity contribution >= 4 is 12.3 Å².